The van der Waals surface area contributed by atoms with Crippen LogP contribution in [0.5, 0.6) is 0 Å². The first-order chi connectivity index (χ1) is 10.1. The average Bonchev–Trinajstić information content (AvgIpc) is 2.47. The van der Waals surface area contributed by atoms with Crippen LogP contribution in [-0.2, 0) is 12.8 Å². The van der Waals surface area contributed by atoms with Crippen molar-refractivity contribution in [3.8, 4) is 0 Å². The zero-order valence-corrected chi connectivity index (χ0v) is 12.9. The van der Waals surface area contributed by atoms with Crippen LogP contribution in [0.2, 0.25) is 0 Å². The molecule has 3 heteroatoms. The average molecular weight is 282 g/mol. The molecular formula is C18H22N2O. The number of hydrogen-bond donors (Lipinski definition) is 2. The molecule has 0 aliphatic rings. The summed E-state index contributed by atoms with van der Waals surface area (Å²) in [5.74, 6) is -0.138. The Balaban J connectivity index is 2.40. The zero-order chi connectivity index (χ0) is 15.4. The highest BCUT2D eigenvalue weighted by Crippen LogP contribution is 2.25. The topological polar surface area (TPSA) is 55.1 Å². The molecule has 2 aromatic carbocycles. The van der Waals surface area contributed by atoms with Crippen LogP contribution in [0, 0.1) is 6.92 Å². The predicted molar refractivity (Wildman–Crippen MR) is 88.7 cm³/mol. The van der Waals surface area contributed by atoms with Crippen LogP contribution in [0.3, 0.4) is 0 Å². The molecule has 0 heterocycles. The Kier molecular flexibility index (Phi) is 4.63. The SMILES string of the molecule is CCc1cccc(CC)c1NC(=O)c1c(C)cccc1N. The maximum atomic E-state index is 12.6. The minimum atomic E-state index is -0.138. The van der Waals surface area contributed by atoms with Crippen LogP contribution in [0.1, 0.15) is 40.9 Å². The van der Waals surface area contributed by atoms with Gasteiger partial charge in [-0.15, -0.1) is 0 Å². The van der Waals surface area contributed by atoms with Gasteiger partial charge in [0, 0.05) is 11.4 Å². The number of nitrogens with one attached hydrogen (secondary N) is 1. The normalized spacial score (nSPS) is 10.4. The number of anilines is 2. The molecule has 0 saturated heterocycles. The molecule has 0 spiro atoms. The molecule has 0 unspecified atom stereocenters. The molecule has 0 aliphatic heterocycles. The molecular weight excluding hydrogens is 260 g/mol. The number of nitrogen functional groups attached to an aromatic ring is 1. The molecule has 0 fully saturated rings. The number of para-hydroxylation sites is 1. The number of carbonyl (C=O) groups is 1. The van der Waals surface area contributed by atoms with Gasteiger partial charge in [-0.1, -0.05) is 44.2 Å². The second-order valence-corrected chi connectivity index (χ2v) is 5.15. The Labute approximate surface area is 126 Å². The smallest absolute Gasteiger partial charge is 0.258 e. The van der Waals surface area contributed by atoms with Crippen molar-refractivity contribution >= 4 is 17.3 Å². The summed E-state index contributed by atoms with van der Waals surface area (Å²) in [6.07, 6.45) is 1.76. The van der Waals surface area contributed by atoms with E-state index in [1.165, 1.54) is 0 Å². The maximum Gasteiger partial charge on any atom is 0.258 e. The maximum absolute atomic E-state index is 12.6. The Morgan fingerprint density at radius 1 is 1.05 bits per heavy atom. The Morgan fingerprint density at radius 3 is 2.14 bits per heavy atom. The number of nitrogens with two attached hydrogens (primary N) is 1. The largest absolute Gasteiger partial charge is 0.398 e. The van der Waals surface area contributed by atoms with Crippen molar-refractivity contribution in [2.75, 3.05) is 11.1 Å². The molecule has 21 heavy (non-hydrogen) atoms. The van der Waals surface area contributed by atoms with Gasteiger partial charge in [-0.05, 0) is 42.5 Å². The van der Waals surface area contributed by atoms with Crippen molar-refractivity contribution in [1.82, 2.24) is 0 Å². The molecule has 3 nitrogen and oxygen atoms in total. The number of carbonyl (C=O) groups excluding carboxylic acids is 1. The van der Waals surface area contributed by atoms with Gasteiger partial charge in [0.05, 0.1) is 5.56 Å². The molecule has 0 aromatic heterocycles. The number of benzene rings is 2. The van der Waals surface area contributed by atoms with E-state index < -0.39 is 0 Å². The summed E-state index contributed by atoms with van der Waals surface area (Å²) in [7, 11) is 0. The van der Waals surface area contributed by atoms with E-state index in [-0.39, 0.29) is 5.91 Å². The third kappa shape index (κ3) is 3.07. The molecule has 2 rings (SSSR count). The van der Waals surface area contributed by atoms with Gasteiger partial charge in [0.15, 0.2) is 0 Å². The quantitative estimate of drug-likeness (QED) is 0.834. The standard InChI is InChI=1S/C18H22N2O/c1-4-13-9-7-10-14(5-2)17(13)20-18(21)16-12(3)8-6-11-15(16)19/h6-11H,4-5,19H2,1-3H3,(H,20,21). The molecule has 110 valence electrons. The molecule has 0 atom stereocenters. The van der Waals surface area contributed by atoms with E-state index in [4.69, 9.17) is 5.73 Å². The first kappa shape index (κ1) is 15.1. The van der Waals surface area contributed by atoms with Gasteiger partial charge < -0.3 is 11.1 Å². The second-order valence-electron chi connectivity index (χ2n) is 5.15. The lowest BCUT2D eigenvalue weighted by molar-refractivity contribution is 0.102. The molecule has 0 saturated carbocycles. The van der Waals surface area contributed by atoms with Gasteiger partial charge in [0.1, 0.15) is 0 Å². The zero-order valence-electron chi connectivity index (χ0n) is 12.9. The van der Waals surface area contributed by atoms with Crippen LogP contribution < -0.4 is 11.1 Å². The molecule has 0 radical (unpaired) electrons. The fraction of sp³-hybridized carbons (Fsp3) is 0.278. The fourth-order valence-electron chi connectivity index (χ4n) is 2.58. The number of hydrogen-bond acceptors (Lipinski definition) is 2. The second kappa shape index (κ2) is 6.44. The first-order valence-corrected chi connectivity index (χ1v) is 7.35. The van der Waals surface area contributed by atoms with E-state index in [1.807, 2.05) is 25.1 Å². The van der Waals surface area contributed by atoms with Crippen LogP contribution in [0.25, 0.3) is 0 Å². The summed E-state index contributed by atoms with van der Waals surface area (Å²) >= 11 is 0. The van der Waals surface area contributed by atoms with Gasteiger partial charge in [-0.25, -0.2) is 0 Å². The highest BCUT2D eigenvalue weighted by molar-refractivity contribution is 6.09. The lowest BCUT2D eigenvalue weighted by Crippen LogP contribution is -2.17. The van der Waals surface area contributed by atoms with E-state index in [9.17, 15) is 4.79 Å². The van der Waals surface area contributed by atoms with Gasteiger partial charge in [-0.2, -0.15) is 0 Å². The summed E-state index contributed by atoms with van der Waals surface area (Å²) < 4.78 is 0. The lowest BCUT2D eigenvalue weighted by atomic mass is 10.0. The van der Waals surface area contributed by atoms with E-state index in [0.29, 0.717) is 11.3 Å². The highest BCUT2D eigenvalue weighted by Gasteiger charge is 2.15. The Hall–Kier alpha value is -2.29. The van der Waals surface area contributed by atoms with Gasteiger partial charge in [0.25, 0.3) is 5.91 Å². The van der Waals surface area contributed by atoms with E-state index in [1.54, 1.807) is 6.07 Å². The monoisotopic (exact) mass is 282 g/mol. The first-order valence-electron chi connectivity index (χ1n) is 7.35. The summed E-state index contributed by atoms with van der Waals surface area (Å²) in [5.41, 5.74) is 11.1. The summed E-state index contributed by atoms with van der Waals surface area (Å²) in [5, 5.41) is 3.06. The minimum absolute atomic E-state index is 0.138. The van der Waals surface area contributed by atoms with Crippen molar-refractivity contribution < 1.29 is 4.79 Å². The van der Waals surface area contributed by atoms with Crippen LogP contribution in [0.15, 0.2) is 36.4 Å². The number of rotatable bonds is 4. The number of amides is 1. The molecule has 1 amide bonds. The molecule has 0 aliphatic carbocycles. The van der Waals surface area contributed by atoms with Crippen LogP contribution in [0.4, 0.5) is 11.4 Å². The molecule has 2 aromatic rings. The lowest BCUT2D eigenvalue weighted by Gasteiger charge is -2.16. The molecule has 0 bridgehead atoms. The highest BCUT2D eigenvalue weighted by atomic mass is 16.1. The van der Waals surface area contributed by atoms with Crippen LogP contribution >= 0.6 is 0 Å². The van der Waals surface area contributed by atoms with E-state index >= 15 is 0 Å². The fourth-order valence-corrected chi connectivity index (χ4v) is 2.58. The minimum Gasteiger partial charge on any atom is -0.398 e. The van der Waals surface area contributed by atoms with Gasteiger partial charge in [0.2, 0.25) is 0 Å². The Morgan fingerprint density at radius 2 is 1.62 bits per heavy atom. The van der Waals surface area contributed by atoms with Crippen LogP contribution in [-0.4, -0.2) is 5.91 Å². The van der Waals surface area contributed by atoms with Crippen molar-refractivity contribution in [3.05, 3.63) is 58.7 Å². The summed E-state index contributed by atoms with van der Waals surface area (Å²) in [6, 6.07) is 11.7. The van der Waals surface area contributed by atoms with Crippen molar-refractivity contribution in [1.29, 1.82) is 0 Å². The predicted octanol–water partition coefficient (Wildman–Crippen LogP) is 3.95. The number of aryl methyl sites for hydroxylation is 3. The van der Waals surface area contributed by atoms with E-state index in [0.717, 1.165) is 35.2 Å². The summed E-state index contributed by atoms with van der Waals surface area (Å²) in [4.78, 5) is 12.6. The third-order valence-electron chi connectivity index (χ3n) is 3.77. The van der Waals surface area contributed by atoms with Crippen molar-refractivity contribution in [3.63, 3.8) is 0 Å². The molecule has 3 N–H and O–H groups in total. The summed E-state index contributed by atoms with van der Waals surface area (Å²) in [6.45, 7) is 6.08. The van der Waals surface area contributed by atoms with Gasteiger partial charge >= 0.3 is 0 Å². The third-order valence-corrected chi connectivity index (χ3v) is 3.77. The van der Waals surface area contributed by atoms with E-state index in [2.05, 4.69) is 31.3 Å². The van der Waals surface area contributed by atoms with Crippen molar-refractivity contribution in [2.45, 2.75) is 33.6 Å². The van der Waals surface area contributed by atoms with Crippen molar-refractivity contribution in [2.24, 2.45) is 0 Å². The Bertz CT molecular complexity index is 620. The van der Waals surface area contributed by atoms with Gasteiger partial charge in [-0.3, -0.25) is 4.79 Å².